The topological polar surface area (TPSA) is 158 Å². The van der Waals surface area contributed by atoms with E-state index in [2.05, 4.69) is 245 Å². The fraction of sp³-hybridized carbons (Fsp3) is 0.468. The van der Waals surface area contributed by atoms with Crippen molar-refractivity contribution in [3.8, 4) is 33.4 Å². The second kappa shape index (κ2) is 41.8. The first-order chi connectivity index (χ1) is 59.5. The molecule has 0 spiro atoms. The van der Waals surface area contributed by atoms with Crippen LogP contribution in [0.15, 0.2) is 109 Å². The van der Waals surface area contributed by atoms with Gasteiger partial charge in [-0.15, -0.1) is 0 Å². The molecule has 9 aromatic rings. The van der Waals surface area contributed by atoms with Crippen molar-refractivity contribution in [3.63, 3.8) is 0 Å². The Morgan fingerprint density at radius 1 is 0.344 bits per heavy atom. The third-order valence-electron chi connectivity index (χ3n) is 27.2. The molecule has 0 amide bonds. The lowest BCUT2D eigenvalue weighted by atomic mass is 9.89. The summed E-state index contributed by atoms with van der Waals surface area (Å²) in [7, 11) is 0. The third-order valence-corrected chi connectivity index (χ3v) is 27.2. The van der Waals surface area contributed by atoms with Gasteiger partial charge >= 0.3 is 0 Å². The molecule has 1 saturated heterocycles. The number of nitrogens with zero attached hydrogens (tertiary/aromatic N) is 5. The van der Waals surface area contributed by atoms with Crippen molar-refractivity contribution in [1.82, 2.24) is 45.2 Å². The highest BCUT2D eigenvalue weighted by Crippen LogP contribution is 2.48. The van der Waals surface area contributed by atoms with Crippen molar-refractivity contribution in [3.05, 3.63) is 205 Å². The van der Waals surface area contributed by atoms with Crippen molar-refractivity contribution < 1.29 is 14.3 Å². The van der Waals surface area contributed by atoms with Crippen LogP contribution in [0.25, 0.3) is 122 Å². The summed E-state index contributed by atoms with van der Waals surface area (Å²) in [6.45, 7) is 41.5. The molecule has 644 valence electrons. The molecule has 6 aromatic heterocycles. The molecule has 0 aliphatic carbocycles. The molecule has 1 unspecified atom stereocenters. The highest BCUT2D eigenvalue weighted by molar-refractivity contribution is 6.05. The molecule has 3 aromatic carbocycles. The van der Waals surface area contributed by atoms with Gasteiger partial charge in [-0.25, -0.2) is 19.9 Å². The first-order valence-electron chi connectivity index (χ1n) is 47.3. The summed E-state index contributed by atoms with van der Waals surface area (Å²) >= 11 is 0. The van der Waals surface area contributed by atoms with E-state index in [-0.39, 0.29) is 5.92 Å². The van der Waals surface area contributed by atoms with Gasteiger partial charge in [0.1, 0.15) is 0 Å². The SMILES string of the molecule is CCCCCC1=C(C)c2nc1cc1[nH]c(c(C)c1CCCCC)c(-c1ccccc1)c1[nH]c(cc3nc(c2-c2ccc(C4CCNCCON(c5ccc(-c6c7nc(cc8nc(c(CCCCC)c9cc(C)c(cc%10[nH]c6c(C)c%10C)[nH]9)C(CCCCC)=C8C)C(C)=C7C)cc5)CCOCCOCC4)cc2)C(C)=C3CCCCC)c(CCCCC)c1C. The van der Waals surface area contributed by atoms with Crippen LogP contribution in [0.3, 0.4) is 0 Å². The van der Waals surface area contributed by atoms with Gasteiger partial charge < -0.3 is 34.7 Å². The Morgan fingerprint density at radius 3 is 1.40 bits per heavy atom. The maximum atomic E-state index is 6.80. The molecule has 5 aliphatic rings. The lowest BCUT2D eigenvalue weighted by Crippen LogP contribution is -2.32. The van der Waals surface area contributed by atoms with Crippen LogP contribution < -0.4 is 10.4 Å². The molecule has 14 rings (SSSR count). The number of hydroxylamine groups is 1. The van der Waals surface area contributed by atoms with Crippen LogP contribution in [0.4, 0.5) is 5.69 Å². The number of nitrogens with one attached hydrogen (secondary N) is 5. The third kappa shape index (κ3) is 19.5. The van der Waals surface area contributed by atoms with Crippen LogP contribution in [0, 0.1) is 34.6 Å². The van der Waals surface area contributed by atoms with Gasteiger partial charge in [-0.1, -0.05) is 185 Å². The molecule has 16 bridgehead atoms. The van der Waals surface area contributed by atoms with Gasteiger partial charge in [-0.05, 0) is 320 Å². The average Bonchev–Trinajstić information content (AvgIpc) is 1.60. The van der Waals surface area contributed by atoms with Crippen molar-refractivity contribution in [2.24, 2.45) is 0 Å². The number of aromatic nitrogens is 8. The van der Waals surface area contributed by atoms with E-state index in [1.165, 1.54) is 185 Å². The monoisotopic (exact) mass is 1640 g/mol. The van der Waals surface area contributed by atoms with Gasteiger partial charge in [0.25, 0.3) is 0 Å². The maximum absolute atomic E-state index is 6.80. The van der Waals surface area contributed by atoms with Crippen molar-refractivity contribution in [1.29, 1.82) is 0 Å². The zero-order valence-electron chi connectivity index (χ0n) is 77.0. The highest BCUT2D eigenvalue weighted by atomic mass is 16.7. The van der Waals surface area contributed by atoms with E-state index < -0.39 is 0 Å². The minimum Gasteiger partial charge on any atom is -0.379 e. The normalized spacial score (nSPS) is 15.5. The number of unbranched alkanes of at least 4 members (excludes halogenated alkanes) is 12. The van der Waals surface area contributed by atoms with Crippen molar-refractivity contribution in [2.45, 2.75) is 284 Å². The minimum absolute atomic E-state index is 0.238. The van der Waals surface area contributed by atoms with E-state index in [1.54, 1.807) is 0 Å². The Labute approximate surface area is 729 Å². The number of ether oxygens (including phenoxy) is 2. The number of hydrogen-bond acceptors (Lipinski definition) is 9. The second-order valence-corrected chi connectivity index (χ2v) is 35.6. The van der Waals surface area contributed by atoms with Crippen LogP contribution in [0.2, 0.25) is 0 Å². The molecule has 1 atom stereocenters. The molecule has 5 N–H and O–H groups in total. The van der Waals surface area contributed by atoms with Gasteiger partial charge in [0.15, 0.2) is 0 Å². The molecule has 13 nitrogen and oxygen atoms in total. The van der Waals surface area contributed by atoms with Gasteiger partial charge in [0.05, 0.1) is 101 Å². The number of hydrogen-bond donors (Lipinski definition) is 5. The van der Waals surface area contributed by atoms with Gasteiger partial charge in [0, 0.05) is 63.0 Å². The molecule has 13 heteroatoms. The number of aryl methyl sites for hydroxylation is 8. The molecule has 1 fully saturated rings. The highest BCUT2D eigenvalue weighted by Gasteiger charge is 2.31. The van der Waals surface area contributed by atoms with Gasteiger partial charge in [0.2, 0.25) is 0 Å². The molecule has 122 heavy (non-hydrogen) atoms. The van der Waals surface area contributed by atoms with Crippen LogP contribution in [-0.2, 0) is 33.6 Å². The van der Waals surface area contributed by atoms with Crippen LogP contribution in [0.1, 0.15) is 325 Å². The minimum atomic E-state index is 0.238. The average molecular weight is 1640 g/mol. The van der Waals surface area contributed by atoms with Gasteiger partial charge in [-0.3, -0.25) is 9.90 Å². The van der Waals surface area contributed by atoms with Crippen LogP contribution >= 0.6 is 0 Å². The summed E-state index contributed by atoms with van der Waals surface area (Å²) in [5, 5.41) is 5.84. The predicted octanol–water partition coefficient (Wildman–Crippen LogP) is 29.1. The Kier molecular flexibility index (Phi) is 30.4. The zero-order chi connectivity index (χ0) is 85.5. The molecular formula is C109H140N10O3. The fourth-order valence-corrected chi connectivity index (χ4v) is 19.4. The Hall–Kier alpha value is -9.50. The Balaban J connectivity index is 0.791. The number of rotatable bonds is 29. The summed E-state index contributed by atoms with van der Waals surface area (Å²) in [4.78, 5) is 46.5. The maximum Gasteiger partial charge on any atom is 0.0873 e. The molecule has 11 heterocycles. The number of aromatic amines is 4. The molecular weight excluding hydrogens is 1500 g/mol. The van der Waals surface area contributed by atoms with Crippen LogP contribution in [-0.4, -0.2) is 92.5 Å². The Morgan fingerprint density at radius 2 is 0.820 bits per heavy atom. The number of allylic oxidation sites excluding steroid dienone is 8. The standard InChI is InChI=1S/C109H140N10O3/c1-17-23-30-40-85-75(13)105-100(81-38-36-29-37-39-81)106-76(14)86(41-31-24-18-2)97(116-106)68-99-88(43-33-26-20-4)78(16)108(118-99)102(107-77(15)87(42-32-25-19-3)98(117-107)67-96(85)115-105)82-48-46-79(47-49-82)80-54-56-110-57-60-122-119(58-61-121-63-62-120-59-55-80)84-52-50-83(51-53-84)101-103-72(10)70(8)92(112-103)65-91-69(7)64-95(111-91)90(45-35-28-22-6)109-89(44-34-27-21-5)74(12)94(114-109)66-93-71(9)73(11)104(101)113-93/h29,36-39,46-53,64-68,80,110-112,115-116H,17-28,30-35,40-45,54-63H2,1-16H3. The van der Waals surface area contributed by atoms with Crippen molar-refractivity contribution in [2.75, 3.05) is 57.7 Å². The fourth-order valence-electron chi connectivity index (χ4n) is 19.4. The summed E-state index contributed by atoms with van der Waals surface area (Å²) in [5.74, 6) is 0.238. The Bertz CT molecular complexity index is 5560. The van der Waals surface area contributed by atoms with E-state index in [0.29, 0.717) is 46.1 Å². The first kappa shape index (κ1) is 88.8. The summed E-state index contributed by atoms with van der Waals surface area (Å²) in [6.07, 6.45) is 28.5. The summed E-state index contributed by atoms with van der Waals surface area (Å²) in [5.41, 5.74) is 47.2. The first-order valence-corrected chi connectivity index (χ1v) is 47.3. The van der Waals surface area contributed by atoms with E-state index in [9.17, 15) is 0 Å². The predicted molar refractivity (Wildman–Crippen MR) is 520 cm³/mol. The smallest absolute Gasteiger partial charge is 0.0873 e. The largest absolute Gasteiger partial charge is 0.379 e. The van der Waals surface area contributed by atoms with Crippen molar-refractivity contribution >= 4 is 94.4 Å². The van der Waals surface area contributed by atoms with Crippen LogP contribution in [0.5, 0.6) is 0 Å². The molecule has 5 aliphatic heterocycles. The second-order valence-electron chi connectivity index (χ2n) is 35.6. The molecule has 0 saturated carbocycles. The summed E-state index contributed by atoms with van der Waals surface area (Å²) < 4.78 is 12.9. The lowest BCUT2D eigenvalue weighted by Gasteiger charge is -2.25. The summed E-state index contributed by atoms with van der Waals surface area (Å²) in [6, 6.07) is 41.4. The zero-order valence-corrected chi connectivity index (χ0v) is 77.0. The number of anilines is 1. The quantitative estimate of drug-likeness (QED) is 0.0288. The number of H-pyrrole nitrogens is 4. The van der Waals surface area contributed by atoms with E-state index in [1.807, 2.05) is 5.06 Å². The van der Waals surface area contributed by atoms with E-state index >= 15 is 0 Å². The van der Waals surface area contributed by atoms with Gasteiger partial charge in [-0.2, -0.15) is 0 Å². The van der Waals surface area contributed by atoms with E-state index in [0.717, 1.165) is 212 Å². The van der Waals surface area contributed by atoms with E-state index in [4.69, 9.17) is 34.2 Å². The molecule has 0 radical (unpaired) electrons. The number of fused-ring (bicyclic) bond motifs is 16. The lowest BCUT2D eigenvalue weighted by molar-refractivity contribution is 0.0335. The number of benzene rings is 3.